The summed E-state index contributed by atoms with van der Waals surface area (Å²) in [5.74, 6) is 0.341. The van der Waals surface area contributed by atoms with Crippen LogP contribution in [0.3, 0.4) is 0 Å². The SMILES string of the molecule is COC1(Cc2noc(N)c2-c2ccc(Cl)cc2)CCC1. The van der Waals surface area contributed by atoms with Crippen LogP contribution in [0.25, 0.3) is 11.1 Å². The van der Waals surface area contributed by atoms with E-state index in [4.69, 9.17) is 26.6 Å². The number of rotatable bonds is 4. The minimum Gasteiger partial charge on any atom is -0.378 e. The van der Waals surface area contributed by atoms with Gasteiger partial charge in [0.25, 0.3) is 0 Å². The lowest BCUT2D eigenvalue weighted by Crippen LogP contribution is -2.41. The molecule has 1 heterocycles. The van der Waals surface area contributed by atoms with Crippen LogP contribution in [0, 0.1) is 0 Å². The van der Waals surface area contributed by atoms with Crippen LogP contribution in [0.15, 0.2) is 28.8 Å². The third kappa shape index (κ3) is 2.30. The molecule has 20 heavy (non-hydrogen) atoms. The van der Waals surface area contributed by atoms with Crippen LogP contribution < -0.4 is 5.73 Å². The van der Waals surface area contributed by atoms with E-state index in [1.807, 2.05) is 24.3 Å². The zero-order chi connectivity index (χ0) is 14.2. The van der Waals surface area contributed by atoms with Gasteiger partial charge in [-0.1, -0.05) is 28.9 Å². The van der Waals surface area contributed by atoms with Crippen molar-refractivity contribution in [3.05, 3.63) is 35.0 Å². The summed E-state index contributed by atoms with van der Waals surface area (Å²) in [6.07, 6.45) is 4.02. The second-order valence-corrected chi connectivity index (χ2v) is 5.73. The second-order valence-electron chi connectivity index (χ2n) is 5.29. The van der Waals surface area contributed by atoms with Gasteiger partial charge in [0.15, 0.2) is 0 Å². The number of nitrogen functional groups attached to an aromatic ring is 1. The van der Waals surface area contributed by atoms with Gasteiger partial charge in [0.1, 0.15) is 0 Å². The monoisotopic (exact) mass is 292 g/mol. The van der Waals surface area contributed by atoms with Gasteiger partial charge in [0.2, 0.25) is 5.88 Å². The van der Waals surface area contributed by atoms with Gasteiger partial charge in [-0.2, -0.15) is 0 Å². The standard InChI is InChI=1S/C15H17ClN2O2/c1-19-15(7-2-8-15)9-12-13(14(17)20-18-12)10-3-5-11(16)6-4-10/h3-6H,2,7-9,17H2,1H3. The Balaban J connectivity index is 1.95. The van der Waals surface area contributed by atoms with Crippen LogP contribution in [0.2, 0.25) is 5.02 Å². The lowest BCUT2D eigenvalue weighted by molar-refractivity contribution is -0.0717. The summed E-state index contributed by atoms with van der Waals surface area (Å²) in [6, 6.07) is 7.52. The van der Waals surface area contributed by atoms with Crippen LogP contribution in [0.5, 0.6) is 0 Å². The Bertz CT molecular complexity index is 597. The summed E-state index contributed by atoms with van der Waals surface area (Å²) in [4.78, 5) is 0. The number of nitrogens with zero attached hydrogens (tertiary/aromatic N) is 1. The van der Waals surface area contributed by atoms with Crippen molar-refractivity contribution < 1.29 is 9.26 Å². The molecule has 1 aromatic heterocycles. The minimum atomic E-state index is -0.107. The fourth-order valence-corrected chi connectivity index (χ4v) is 2.84. The molecule has 1 fully saturated rings. The third-order valence-corrected chi connectivity index (χ3v) is 4.36. The molecule has 0 atom stereocenters. The number of aromatic nitrogens is 1. The Morgan fingerprint density at radius 3 is 2.60 bits per heavy atom. The summed E-state index contributed by atoms with van der Waals surface area (Å²) in [5, 5.41) is 4.81. The van der Waals surface area contributed by atoms with Gasteiger partial charge in [-0.25, -0.2) is 0 Å². The van der Waals surface area contributed by atoms with Crippen molar-refractivity contribution in [1.29, 1.82) is 0 Å². The molecule has 0 spiro atoms. The molecule has 1 aliphatic carbocycles. The van der Waals surface area contributed by atoms with Gasteiger partial charge < -0.3 is 15.0 Å². The zero-order valence-corrected chi connectivity index (χ0v) is 12.1. The second kappa shape index (κ2) is 5.11. The summed E-state index contributed by atoms with van der Waals surface area (Å²) in [7, 11) is 1.75. The van der Waals surface area contributed by atoms with E-state index in [9.17, 15) is 0 Å². The lowest BCUT2D eigenvalue weighted by atomic mass is 9.76. The van der Waals surface area contributed by atoms with Gasteiger partial charge >= 0.3 is 0 Å². The number of benzene rings is 1. The summed E-state index contributed by atoms with van der Waals surface area (Å²) < 4.78 is 10.8. The highest BCUT2D eigenvalue weighted by Crippen LogP contribution is 2.41. The van der Waals surface area contributed by atoms with Crippen molar-refractivity contribution in [3.63, 3.8) is 0 Å². The average molecular weight is 293 g/mol. The van der Waals surface area contributed by atoms with Gasteiger partial charge in [-0.15, -0.1) is 0 Å². The average Bonchev–Trinajstić information content (AvgIpc) is 2.76. The van der Waals surface area contributed by atoms with Crippen molar-refractivity contribution in [2.24, 2.45) is 0 Å². The Morgan fingerprint density at radius 1 is 1.35 bits per heavy atom. The fraction of sp³-hybridized carbons (Fsp3) is 0.400. The summed E-state index contributed by atoms with van der Waals surface area (Å²) >= 11 is 5.92. The first kappa shape index (κ1) is 13.5. The van der Waals surface area contributed by atoms with E-state index in [0.29, 0.717) is 10.9 Å². The molecule has 106 valence electrons. The van der Waals surface area contributed by atoms with Gasteiger partial charge in [0.05, 0.1) is 16.9 Å². The molecule has 0 amide bonds. The number of anilines is 1. The van der Waals surface area contributed by atoms with Crippen LogP contribution in [0.4, 0.5) is 5.88 Å². The molecule has 2 N–H and O–H groups in total. The van der Waals surface area contributed by atoms with Crippen LogP contribution in [-0.2, 0) is 11.2 Å². The maximum atomic E-state index is 5.93. The Hall–Kier alpha value is -1.52. The Kier molecular flexibility index (Phi) is 3.44. The van der Waals surface area contributed by atoms with E-state index in [-0.39, 0.29) is 5.60 Å². The van der Waals surface area contributed by atoms with E-state index < -0.39 is 0 Å². The molecule has 0 radical (unpaired) electrons. The lowest BCUT2D eigenvalue weighted by Gasteiger charge is -2.40. The molecule has 1 saturated carbocycles. The predicted molar refractivity (Wildman–Crippen MR) is 78.7 cm³/mol. The van der Waals surface area contributed by atoms with Crippen molar-refractivity contribution in [2.75, 3.05) is 12.8 Å². The molecule has 4 nitrogen and oxygen atoms in total. The fourth-order valence-electron chi connectivity index (χ4n) is 2.71. The highest BCUT2D eigenvalue weighted by molar-refractivity contribution is 6.30. The number of hydrogen-bond acceptors (Lipinski definition) is 4. The normalized spacial score (nSPS) is 16.9. The van der Waals surface area contributed by atoms with E-state index in [0.717, 1.165) is 36.1 Å². The van der Waals surface area contributed by atoms with Crippen molar-refractivity contribution >= 4 is 17.5 Å². The number of methoxy groups -OCH3 is 1. The zero-order valence-electron chi connectivity index (χ0n) is 11.4. The molecule has 0 bridgehead atoms. The van der Waals surface area contributed by atoms with Gasteiger partial charge in [0, 0.05) is 18.6 Å². The van der Waals surface area contributed by atoms with Crippen LogP contribution in [0.1, 0.15) is 25.0 Å². The molecule has 0 aliphatic heterocycles. The molecule has 1 aliphatic rings. The third-order valence-electron chi connectivity index (χ3n) is 4.11. The Labute approximate surface area is 122 Å². The van der Waals surface area contributed by atoms with E-state index in [2.05, 4.69) is 5.16 Å². The van der Waals surface area contributed by atoms with Gasteiger partial charge in [-0.05, 0) is 37.0 Å². The molecule has 3 rings (SSSR count). The first-order chi connectivity index (χ1) is 9.63. The van der Waals surface area contributed by atoms with Crippen molar-refractivity contribution in [1.82, 2.24) is 5.16 Å². The van der Waals surface area contributed by atoms with Gasteiger partial charge in [-0.3, -0.25) is 0 Å². The quantitative estimate of drug-likeness (QED) is 0.933. The Morgan fingerprint density at radius 2 is 2.05 bits per heavy atom. The first-order valence-corrected chi connectivity index (χ1v) is 7.06. The predicted octanol–water partition coefficient (Wildman–Crippen LogP) is 3.69. The minimum absolute atomic E-state index is 0.107. The molecule has 0 unspecified atom stereocenters. The molecular formula is C15H17ClN2O2. The topological polar surface area (TPSA) is 61.3 Å². The summed E-state index contributed by atoms with van der Waals surface area (Å²) in [6.45, 7) is 0. The maximum absolute atomic E-state index is 5.93. The number of nitrogens with two attached hydrogens (primary N) is 1. The highest BCUT2D eigenvalue weighted by Gasteiger charge is 2.39. The van der Waals surface area contributed by atoms with Crippen molar-refractivity contribution in [3.8, 4) is 11.1 Å². The molecular weight excluding hydrogens is 276 g/mol. The van der Waals surface area contributed by atoms with Crippen LogP contribution >= 0.6 is 11.6 Å². The van der Waals surface area contributed by atoms with Crippen molar-refractivity contribution in [2.45, 2.75) is 31.3 Å². The smallest absolute Gasteiger partial charge is 0.230 e. The highest BCUT2D eigenvalue weighted by atomic mass is 35.5. The number of hydrogen-bond donors (Lipinski definition) is 1. The number of halogens is 1. The summed E-state index contributed by atoms with van der Waals surface area (Å²) in [5.41, 5.74) is 8.49. The maximum Gasteiger partial charge on any atom is 0.230 e. The number of ether oxygens (including phenoxy) is 1. The van der Waals surface area contributed by atoms with Crippen LogP contribution in [-0.4, -0.2) is 17.9 Å². The molecule has 5 heteroatoms. The molecule has 2 aromatic rings. The molecule has 0 saturated heterocycles. The largest absolute Gasteiger partial charge is 0.378 e. The van der Waals surface area contributed by atoms with E-state index in [1.54, 1.807) is 7.11 Å². The molecule has 1 aromatic carbocycles. The van der Waals surface area contributed by atoms with E-state index in [1.165, 1.54) is 6.42 Å². The van der Waals surface area contributed by atoms with E-state index >= 15 is 0 Å². The first-order valence-electron chi connectivity index (χ1n) is 6.69.